The second kappa shape index (κ2) is 7.22. The van der Waals surface area contributed by atoms with Crippen LogP contribution in [0.1, 0.15) is 61.3 Å². The zero-order chi connectivity index (χ0) is 15.4. The zero-order valence-electron chi connectivity index (χ0n) is 13.0. The standard InChI is InChI=1S/C15H24N2O3S/c1-4-10(3)12-13(14(18)19)21-15(16-12)17-8-6-7-11(9-17)20-5-2/h10-11H,4-9H2,1-3H3,(H,18,19). The first-order valence-corrected chi connectivity index (χ1v) is 8.49. The molecule has 5 nitrogen and oxygen atoms in total. The first-order valence-electron chi connectivity index (χ1n) is 7.67. The molecule has 2 unspecified atom stereocenters. The first kappa shape index (κ1) is 16.2. The van der Waals surface area contributed by atoms with E-state index in [9.17, 15) is 9.90 Å². The zero-order valence-corrected chi connectivity index (χ0v) is 13.8. The molecule has 1 fully saturated rings. The van der Waals surface area contributed by atoms with Gasteiger partial charge in [-0.15, -0.1) is 0 Å². The molecular weight excluding hydrogens is 288 g/mol. The minimum atomic E-state index is -0.868. The van der Waals surface area contributed by atoms with Gasteiger partial charge in [-0.05, 0) is 32.1 Å². The number of anilines is 1. The fourth-order valence-electron chi connectivity index (χ4n) is 2.62. The highest BCUT2D eigenvalue weighted by Crippen LogP contribution is 2.33. The number of carboxylic acids is 1. The van der Waals surface area contributed by atoms with Crippen LogP contribution in [0.3, 0.4) is 0 Å². The van der Waals surface area contributed by atoms with E-state index in [0.29, 0.717) is 4.88 Å². The van der Waals surface area contributed by atoms with Gasteiger partial charge in [0, 0.05) is 19.7 Å². The fourth-order valence-corrected chi connectivity index (χ4v) is 3.68. The Hall–Kier alpha value is -1.14. The summed E-state index contributed by atoms with van der Waals surface area (Å²) in [6.45, 7) is 8.54. The Bertz CT molecular complexity index is 487. The third-order valence-electron chi connectivity index (χ3n) is 3.97. The lowest BCUT2D eigenvalue weighted by Gasteiger charge is -2.32. The molecular formula is C15H24N2O3S. The Morgan fingerprint density at radius 2 is 2.33 bits per heavy atom. The highest BCUT2D eigenvalue weighted by Gasteiger charge is 2.27. The van der Waals surface area contributed by atoms with E-state index in [-0.39, 0.29) is 12.0 Å². The monoisotopic (exact) mass is 312 g/mol. The van der Waals surface area contributed by atoms with Crippen molar-refractivity contribution in [1.29, 1.82) is 0 Å². The van der Waals surface area contributed by atoms with Crippen LogP contribution in [0.2, 0.25) is 0 Å². The summed E-state index contributed by atoms with van der Waals surface area (Å²) in [5.74, 6) is -0.694. The Morgan fingerprint density at radius 3 is 2.95 bits per heavy atom. The minimum Gasteiger partial charge on any atom is -0.477 e. The number of piperidine rings is 1. The average molecular weight is 312 g/mol. The van der Waals surface area contributed by atoms with E-state index in [1.807, 2.05) is 13.8 Å². The summed E-state index contributed by atoms with van der Waals surface area (Å²) in [7, 11) is 0. The molecule has 21 heavy (non-hydrogen) atoms. The van der Waals surface area contributed by atoms with E-state index in [4.69, 9.17) is 4.74 Å². The molecule has 1 aliphatic heterocycles. The van der Waals surface area contributed by atoms with Gasteiger partial charge in [-0.3, -0.25) is 0 Å². The Labute approximate surface area is 129 Å². The summed E-state index contributed by atoms with van der Waals surface area (Å²) in [6.07, 6.45) is 3.25. The van der Waals surface area contributed by atoms with Crippen molar-refractivity contribution in [2.24, 2.45) is 0 Å². The molecule has 1 aliphatic rings. The lowest BCUT2D eigenvalue weighted by molar-refractivity contribution is 0.0526. The van der Waals surface area contributed by atoms with Gasteiger partial charge in [0.15, 0.2) is 5.13 Å². The quantitative estimate of drug-likeness (QED) is 0.872. The van der Waals surface area contributed by atoms with Crippen LogP contribution in [-0.2, 0) is 4.74 Å². The van der Waals surface area contributed by atoms with E-state index >= 15 is 0 Å². The van der Waals surface area contributed by atoms with Crippen LogP contribution in [-0.4, -0.2) is 41.9 Å². The van der Waals surface area contributed by atoms with E-state index in [0.717, 1.165) is 49.8 Å². The van der Waals surface area contributed by atoms with Crippen LogP contribution in [0.15, 0.2) is 0 Å². The van der Waals surface area contributed by atoms with E-state index in [1.54, 1.807) is 0 Å². The number of hydrogen-bond donors (Lipinski definition) is 1. The maximum atomic E-state index is 11.4. The molecule has 6 heteroatoms. The molecule has 2 heterocycles. The number of aromatic nitrogens is 1. The van der Waals surface area contributed by atoms with Gasteiger partial charge in [-0.25, -0.2) is 9.78 Å². The van der Waals surface area contributed by atoms with Crippen molar-refractivity contribution < 1.29 is 14.6 Å². The number of nitrogens with zero attached hydrogens (tertiary/aromatic N) is 2. The number of carboxylic acid groups (broad SMARTS) is 1. The molecule has 0 bridgehead atoms. The maximum absolute atomic E-state index is 11.4. The molecule has 0 aromatic carbocycles. The highest BCUT2D eigenvalue weighted by atomic mass is 32.1. The van der Waals surface area contributed by atoms with Crippen molar-refractivity contribution in [3.63, 3.8) is 0 Å². The number of carbonyl (C=O) groups is 1. The SMILES string of the molecule is CCOC1CCCN(c2nc(C(C)CC)c(C(=O)O)s2)C1. The number of aromatic carboxylic acids is 1. The second-order valence-corrected chi connectivity index (χ2v) is 6.47. The highest BCUT2D eigenvalue weighted by molar-refractivity contribution is 7.17. The van der Waals surface area contributed by atoms with Gasteiger partial charge in [0.05, 0.1) is 11.8 Å². The van der Waals surface area contributed by atoms with Crippen molar-refractivity contribution in [2.45, 2.75) is 52.1 Å². The van der Waals surface area contributed by atoms with E-state index in [1.165, 1.54) is 11.3 Å². The normalized spacial score (nSPS) is 20.5. The van der Waals surface area contributed by atoms with Crippen LogP contribution in [0.4, 0.5) is 5.13 Å². The van der Waals surface area contributed by atoms with Gasteiger partial charge in [0.1, 0.15) is 4.88 Å². The van der Waals surface area contributed by atoms with Crippen molar-refractivity contribution in [1.82, 2.24) is 4.98 Å². The van der Waals surface area contributed by atoms with Crippen LogP contribution in [0.5, 0.6) is 0 Å². The van der Waals surface area contributed by atoms with Gasteiger partial charge >= 0.3 is 5.97 Å². The van der Waals surface area contributed by atoms with E-state index in [2.05, 4.69) is 16.8 Å². The smallest absolute Gasteiger partial charge is 0.347 e. The number of thiazole rings is 1. The maximum Gasteiger partial charge on any atom is 0.347 e. The summed E-state index contributed by atoms with van der Waals surface area (Å²) in [5, 5.41) is 10.2. The van der Waals surface area contributed by atoms with Crippen LogP contribution >= 0.6 is 11.3 Å². The molecule has 0 spiro atoms. The predicted molar refractivity (Wildman–Crippen MR) is 84.6 cm³/mol. The molecule has 1 aromatic rings. The van der Waals surface area contributed by atoms with Crippen LogP contribution in [0.25, 0.3) is 0 Å². The lowest BCUT2D eigenvalue weighted by Crippen LogP contribution is -2.39. The summed E-state index contributed by atoms with van der Waals surface area (Å²) >= 11 is 1.30. The Balaban J connectivity index is 2.21. The molecule has 118 valence electrons. The minimum absolute atomic E-state index is 0.175. The molecule has 0 saturated carbocycles. The molecule has 1 N–H and O–H groups in total. The fraction of sp³-hybridized carbons (Fsp3) is 0.733. The largest absolute Gasteiger partial charge is 0.477 e. The molecule has 0 amide bonds. The number of rotatable bonds is 6. The molecule has 2 rings (SSSR count). The van der Waals surface area contributed by atoms with Crippen molar-refractivity contribution in [3.05, 3.63) is 10.6 Å². The van der Waals surface area contributed by atoms with Gasteiger partial charge in [-0.2, -0.15) is 0 Å². The third kappa shape index (κ3) is 3.74. The summed E-state index contributed by atoms with van der Waals surface area (Å²) < 4.78 is 5.71. The molecule has 0 aliphatic carbocycles. The summed E-state index contributed by atoms with van der Waals surface area (Å²) in [5.41, 5.74) is 0.725. The Kier molecular flexibility index (Phi) is 5.58. The van der Waals surface area contributed by atoms with Gasteiger partial charge in [0.25, 0.3) is 0 Å². The molecule has 2 atom stereocenters. The predicted octanol–water partition coefficient (Wildman–Crippen LogP) is 3.36. The lowest BCUT2D eigenvalue weighted by atomic mass is 10.0. The van der Waals surface area contributed by atoms with Gasteiger partial charge in [-0.1, -0.05) is 25.2 Å². The number of hydrogen-bond acceptors (Lipinski definition) is 5. The van der Waals surface area contributed by atoms with E-state index < -0.39 is 5.97 Å². The van der Waals surface area contributed by atoms with Crippen molar-refractivity contribution in [3.8, 4) is 0 Å². The average Bonchev–Trinajstić information content (AvgIpc) is 2.92. The summed E-state index contributed by atoms with van der Waals surface area (Å²) in [6, 6.07) is 0. The molecule has 1 aromatic heterocycles. The second-order valence-electron chi connectivity index (χ2n) is 5.49. The van der Waals surface area contributed by atoms with Gasteiger partial charge in [0.2, 0.25) is 0 Å². The number of ether oxygens (including phenoxy) is 1. The Morgan fingerprint density at radius 1 is 1.57 bits per heavy atom. The molecule has 1 saturated heterocycles. The van der Waals surface area contributed by atoms with Crippen LogP contribution in [0, 0.1) is 0 Å². The topological polar surface area (TPSA) is 62.7 Å². The van der Waals surface area contributed by atoms with Crippen molar-refractivity contribution in [2.75, 3.05) is 24.6 Å². The third-order valence-corrected chi connectivity index (χ3v) is 5.09. The first-order chi connectivity index (χ1) is 10.1. The summed E-state index contributed by atoms with van der Waals surface area (Å²) in [4.78, 5) is 18.6. The van der Waals surface area contributed by atoms with Crippen LogP contribution < -0.4 is 4.90 Å². The van der Waals surface area contributed by atoms with Gasteiger partial charge < -0.3 is 14.7 Å². The molecule has 0 radical (unpaired) electrons. The van der Waals surface area contributed by atoms with Crippen molar-refractivity contribution >= 4 is 22.4 Å².